The lowest BCUT2D eigenvalue weighted by atomic mass is 9.80. The molecule has 0 atom stereocenters. The summed E-state index contributed by atoms with van der Waals surface area (Å²) in [5.74, 6) is -7.12. The van der Waals surface area contributed by atoms with Crippen molar-refractivity contribution in [2.75, 3.05) is 81.4 Å². The van der Waals surface area contributed by atoms with Gasteiger partial charge in [-0.1, -0.05) is 33.3 Å². The van der Waals surface area contributed by atoms with Crippen molar-refractivity contribution in [2.24, 2.45) is 0 Å². The predicted octanol–water partition coefficient (Wildman–Crippen LogP) is 3.97. The van der Waals surface area contributed by atoms with E-state index in [0.29, 0.717) is 72.8 Å². The summed E-state index contributed by atoms with van der Waals surface area (Å²) in [6, 6.07) is 12.5. The van der Waals surface area contributed by atoms with Crippen LogP contribution in [0.15, 0.2) is 72.5 Å². The number of carbonyl (C=O) groups excluding carboxylic acids is 4. The molecule has 88 heavy (non-hydrogen) atoms. The molecule has 2 aromatic carbocycles. The van der Waals surface area contributed by atoms with Crippen LogP contribution in [0.2, 0.25) is 0 Å². The number of benzene rings is 2. The van der Waals surface area contributed by atoms with Gasteiger partial charge in [-0.25, -0.2) is 9.97 Å². The van der Waals surface area contributed by atoms with Gasteiger partial charge in [0.15, 0.2) is 11.5 Å². The summed E-state index contributed by atoms with van der Waals surface area (Å²) in [6.07, 6.45) is 7.98. The number of nitrogens with zero attached hydrogens (tertiary/aromatic N) is 4. The SMILES string of the molecule is CCC[N+]1=C(/C=C/C=C2/N(CCCCCC(=O)O)c3c(OC)cc(-c4cc(C(=O)NCCS(=O)(=O)O)nc(C(=O)NCCS(=O)(=O)O)c4)cc3C2(C)C)C(C)(C)c2cc(-c3cc(C(=O)NCCS(=O)(=O)O)nc(C(=O)NCCS(=O)(=O)O)c3)cc(OC)c21. The molecule has 4 amide bonds. The first kappa shape index (κ1) is 69.4. The van der Waals surface area contributed by atoms with Crippen LogP contribution in [0.1, 0.15) is 120 Å². The number of amides is 4. The van der Waals surface area contributed by atoms with Gasteiger partial charge in [0, 0.05) is 68.3 Å². The van der Waals surface area contributed by atoms with Crippen LogP contribution in [0.3, 0.4) is 0 Å². The van der Waals surface area contributed by atoms with Crippen LogP contribution in [0.5, 0.6) is 11.5 Å². The van der Waals surface area contributed by atoms with E-state index >= 15 is 0 Å². The lowest BCUT2D eigenvalue weighted by Crippen LogP contribution is -2.32. The number of unbranched alkanes of at least 4 members (excludes halogenated alkanes) is 2. The fourth-order valence-electron chi connectivity index (χ4n) is 10.2. The highest BCUT2D eigenvalue weighted by molar-refractivity contribution is 7.86. The average molecular weight is 1300 g/mol. The molecular formula is C56H71N8O20S4+. The van der Waals surface area contributed by atoms with Crippen LogP contribution in [0, 0.1) is 0 Å². The van der Waals surface area contributed by atoms with Gasteiger partial charge in [0.1, 0.15) is 35.1 Å². The van der Waals surface area contributed by atoms with Gasteiger partial charge < -0.3 is 40.7 Å². The summed E-state index contributed by atoms with van der Waals surface area (Å²) in [6.45, 7) is 8.81. The minimum absolute atomic E-state index is 0.0343. The average Bonchev–Trinajstić information content (AvgIpc) is 1.58. The van der Waals surface area contributed by atoms with E-state index < -0.39 is 130 Å². The minimum Gasteiger partial charge on any atom is -0.495 e. The quantitative estimate of drug-likeness (QED) is 0.0203. The number of hydrogen-bond donors (Lipinski definition) is 9. The van der Waals surface area contributed by atoms with Crippen LogP contribution < -0.4 is 35.6 Å². The highest BCUT2D eigenvalue weighted by Crippen LogP contribution is 2.54. The molecule has 0 saturated carbocycles. The van der Waals surface area contributed by atoms with E-state index in [1.54, 1.807) is 12.1 Å². The topological polar surface area (TPSA) is 422 Å². The van der Waals surface area contributed by atoms with Gasteiger partial charge in [-0.05, 0) is 109 Å². The second-order valence-corrected chi connectivity index (χ2v) is 27.9. The molecule has 2 aromatic heterocycles. The van der Waals surface area contributed by atoms with Crippen molar-refractivity contribution in [1.29, 1.82) is 0 Å². The normalized spacial score (nSPS) is 15.0. The second-order valence-electron chi connectivity index (χ2n) is 21.6. The Bertz CT molecular complexity index is 3840. The molecule has 4 aromatic rings. The van der Waals surface area contributed by atoms with E-state index in [0.717, 1.165) is 22.5 Å². The first-order valence-corrected chi connectivity index (χ1v) is 33.9. The number of allylic oxidation sites excluding steroid dienone is 4. The molecule has 6 rings (SSSR count). The number of carbonyl (C=O) groups is 5. The molecule has 2 aliphatic rings. The zero-order chi connectivity index (χ0) is 65.3. The third-order valence-corrected chi connectivity index (χ3v) is 17.3. The molecule has 32 heteroatoms. The van der Waals surface area contributed by atoms with Crippen molar-refractivity contribution in [3.8, 4) is 33.8 Å². The van der Waals surface area contributed by atoms with Gasteiger partial charge in [-0.15, -0.1) is 0 Å². The molecule has 4 heterocycles. The lowest BCUT2D eigenvalue weighted by molar-refractivity contribution is -0.438. The van der Waals surface area contributed by atoms with E-state index in [9.17, 15) is 81.0 Å². The van der Waals surface area contributed by atoms with Crippen molar-refractivity contribution < 1.29 is 95.0 Å². The summed E-state index contributed by atoms with van der Waals surface area (Å²) < 4.78 is 143. The lowest BCUT2D eigenvalue weighted by Gasteiger charge is -2.27. The summed E-state index contributed by atoms with van der Waals surface area (Å²) in [5, 5.41) is 18.8. The number of nitrogens with one attached hydrogen (secondary N) is 4. The first-order chi connectivity index (χ1) is 41.0. The van der Waals surface area contributed by atoms with Gasteiger partial charge in [0.05, 0.1) is 48.3 Å². The molecule has 28 nitrogen and oxygen atoms in total. The fourth-order valence-corrected chi connectivity index (χ4v) is 11.6. The van der Waals surface area contributed by atoms with E-state index in [2.05, 4.69) is 40.7 Å². The molecule has 2 aliphatic heterocycles. The monoisotopic (exact) mass is 1300 g/mol. The smallest absolute Gasteiger partial charge is 0.303 e. The van der Waals surface area contributed by atoms with E-state index in [-0.39, 0.29) is 40.3 Å². The summed E-state index contributed by atoms with van der Waals surface area (Å²) in [5.41, 5.74) is 2.84. The Balaban J connectivity index is 1.46. The number of methoxy groups -OCH3 is 2. The molecule has 0 unspecified atom stereocenters. The number of pyridine rings is 2. The number of aliphatic carboxylic acids is 1. The number of carboxylic acid groups (broad SMARTS) is 1. The Kier molecular flexibility index (Phi) is 22.2. The van der Waals surface area contributed by atoms with Gasteiger partial charge in [0.2, 0.25) is 0 Å². The van der Waals surface area contributed by atoms with Crippen LogP contribution in [0.4, 0.5) is 11.4 Å². The highest BCUT2D eigenvalue weighted by atomic mass is 32.2. The molecule has 478 valence electrons. The first-order valence-electron chi connectivity index (χ1n) is 27.4. The number of aromatic nitrogens is 2. The summed E-state index contributed by atoms with van der Waals surface area (Å²) >= 11 is 0. The standard InChI is InChI=1S/C56H70N8O20S4/c1-8-20-63-46(55(2,3)38-26-34(32-44(83-6)49(38)63)36-28-40(51(67)57-16-22-85(71,72)73)61-41(29-36)52(68)58-17-23-86(74,75)76)13-12-14-47-56(4,5)39-27-35(33-45(84-7)50(39)64(47)21-11-9-10-15-48(65)66)37-30-42(53(69)59-18-24-87(77,78)79)62-43(31-37)54(70)60-19-25-88(80,81)82/h12-14,26-33H,8-11,15-25H2,1-7H3,(H8-,57,58,59,60,65,66,67,68,69,70,71,72,73,74,75,76,77,78,79,80,81,82)/p+1. The Morgan fingerprint density at radius 3 is 1.35 bits per heavy atom. The van der Waals surface area contributed by atoms with Gasteiger partial charge in [-0.2, -0.15) is 38.2 Å². The number of ether oxygens (including phenoxy) is 2. The third-order valence-electron chi connectivity index (χ3n) is 14.4. The maximum atomic E-state index is 13.5. The Labute approximate surface area is 509 Å². The van der Waals surface area contributed by atoms with Crippen LogP contribution in [0.25, 0.3) is 22.3 Å². The van der Waals surface area contributed by atoms with Crippen molar-refractivity contribution in [3.63, 3.8) is 0 Å². The molecule has 0 bridgehead atoms. The molecule has 0 saturated heterocycles. The molecule has 0 radical (unpaired) electrons. The van der Waals surface area contributed by atoms with Crippen molar-refractivity contribution in [3.05, 3.63) is 106 Å². The van der Waals surface area contributed by atoms with E-state index in [1.807, 2.05) is 65.0 Å². The molecule has 0 aliphatic carbocycles. The number of fused-ring (bicyclic) bond motifs is 2. The van der Waals surface area contributed by atoms with Crippen molar-refractivity contribution >= 4 is 87.2 Å². The Morgan fingerprint density at radius 1 is 0.568 bits per heavy atom. The van der Waals surface area contributed by atoms with Crippen LogP contribution in [-0.4, -0.2) is 183 Å². The van der Waals surface area contributed by atoms with Crippen molar-refractivity contribution in [2.45, 2.75) is 77.6 Å². The molecular weight excluding hydrogens is 1230 g/mol. The van der Waals surface area contributed by atoms with Crippen molar-refractivity contribution in [1.82, 2.24) is 31.2 Å². The maximum absolute atomic E-state index is 13.5. The zero-order valence-corrected chi connectivity index (χ0v) is 52.5. The van der Waals surface area contributed by atoms with Gasteiger partial charge in [-0.3, -0.25) is 42.2 Å². The minimum atomic E-state index is -4.48. The second kappa shape index (κ2) is 28.2. The van der Waals surface area contributed by atoms with Crippen LogP contribution >= 0.6 is 0 Å². The summed E-state index contributed by atoms with van der Waals surface area (Å²) in [7, 11) is -15.0. The van der Waals surface area contributed by atoms with Crippen LogP contribution in [-0.2, 0) is 56.1 Å². The fraction of sp³-hybridized carbons (Fsp3) is 0.429. The zero-order valence-electron chi connectivity index (χ0n) is 49.2. The van der Waals surface area contributed by atoms with Gasteiger partial charge in [0.25, 0.3) is 69.8 Å². The Morgan fingerprint density at radius 2 is 0.966 bits per heavy atom. The van der Waals surface area contributed by atoms with E-state index in [4.69, 9.17) is 9.47 Å². The maximum Gasteiger partial charge on any atom is 0.303 e. The van der Waals surface area contributed by atoms with E-state index in [1.165, 1.54) is 38.5 Å². The predicted molar refractivity (Wildman–Crippen MR) is 324 cm³/mol. The number of hydrogen-bond acceptors (Lipinski definition) is 18. The molecule has 0 spiro atoms. The highest BCUT2D eigenvalue weighted by Gasteiger charge is 2.47. The molecule has 0 fully saturated rings. The Hall–Kier alpha value is -7.72. The summed E-state index contributed by atoms with van der Waals surface area (Å²) in [4.78, 5) is 75.8. The number of anilines is 1. The number of carboxylic acids is 1. The number of rotatable bonds is 30. The largest absolute Gasteiger partial charge is 0.495 e. The molecule has 9 N–H and O–H groups in total. The third kappa shape index (κ3) is 18.0. The van der Waals surface area contributed by atoms with Gasteiger partial charge >= 0.3 is 5.97 Å².